The molecule has 0 fully saturated rings. The van der Waals surface area contributed by atoms with Gasteiger partial charge in [-0.1, -0.05) is 13.8 Å². The summed E-state index contributed by atoms with van der Waals surface area (Å²) in [5, 5.41) is 0. The molecule has 1 unspecified atom stereocenters. The maximum absolute atomic E-state index is 10.8. The second-order valence-electron chi connectivity index (χ2n) is 3.21. The Labute approximate surface area is 121 Å². The predicted octanol–water partition coefficient (Wildman–Crippen LogP) is -0.720. The third kappa shape index (κ3) is 4.55. The van der Waals surface area contributed by atoms with E-state index in [0.29, 0.717) is 11.5 Å². The maximum Gasteiger partial charge on any atom is 1.00 e. The first-order valence-corrected chi connectivity index (χ1v) is 6.11. The Kier molecular flexibility index (Phi) is 8.32. The number of rotatable bonds is 5. The zero-order chi connectivity index (χ0) is 11.3. The van der Waals surface area contributed by atoms with E-state index in [1.54, 1.807) is 18.2 Å². The monoisotopic (exact) mass is 250 g/mol. The van der Waals surface area contributed by atoms with Crippen molar-refractivity contribution in [2.45, 2.75) is 31.6 Å². The van der Waals surface area contributed by atoms with Gasteiger partial charge >= 0.3 is 29.6 Å². The Morgan fingerprint density at radius 3 is 2.56 bits per heavy atom. The van der Waals surface area contributed by atoms with E-state index in [4.69, 9.17) is 4.74 Å². The van der Waals surface area contributed by atoms with Crippen molar-refractivity contribution < 1.29 is 43.1 Å². The number of hydrogen-bond donors (Lipinski definition) is 0. The molecule has 0 amide bonds. The zero-order valence-corrected chi connectivity index (χ0v) is 12.8. The van der Waals surface area contributed by atoms with Crippen molar-refractivity contribution in [2.75, 3.05) is 6.61 Å². The van der Waals surface area contributed by atoms with Crippen LogP contribution in [0, 0.1) is 0 Å². The van der Waals surface area contributed by atoms with Crippen molar-refractivity contribution in [1.82, 2.24) is 0 Å². The second-order valence-corrected chi connectivity index (χ2v) is 4.15. The van der Waals surface area contributed by atoms with Gasteiger partial charge in [0.05, 0.1) is 6.61 Å². The molecule has 84 valence electrons. The van der Waals surface area contributed by atoms with Gasteiger partial charge in [0.25, 0.3) is 0 Å². The molecule has 1 atom stereocenters. The van der Waals surface area contributed by atoms with E-state index in [1.807, 2.05) is 13.8 Å². The molecule has 16 heavy (non-hydrogen) atoms. The Bertz CT molecular complexity index is 355. The summed E-state index contributed by atoms with van der Waals surface area (Å²) in [5.41, 5.74) is 0.935. The van der Waals surface area contributed by atoms with E-state index in [0.717, 1.165) is 24.2 Å². The molecule has 0 aliphatic carbocycles. The Balaban J connectivity index is 0.00000225. The van der Waals surface area contributed by atoms with Gasteiger partial charge < -0.3 is 9.29 Å². The Morgan fingerprint density at radius 2 is 2.06 bits per heavy atom. The maximum atomic E-state index is 10.8. The third-order valence-corrected chi connectivity index (χ3v) is 2.71. The average Bonchev–Trinajstić information content (AvgIpc) is 2.25. The van der Waals surface area contributed by atoms with E-state index in [1.165, 1.54) is 0 Å². The minimum absolute atomic E-state index is 0. The van der Waals surface area contributed by atoms with E-state index >= 15 is 0 Å². The minimum Gasteiger partial charge on any atom is -0.768 e. The first-order valence-electron chi connectivity index (χ1n) is 5.04. The summed E-state index contributed by atoms with van der Waals surface area (Å²) in [4.78, 5) is 0.315. The van der Waals surface area contributed by atoms with Crippen LogP contribution in [-0.2, 0) is 17.5 Å². The molecule has 0 saturated carbocycles. The molecule has 1 rings (SSSR count). The van der Waals surface area contributed by atoms with Crippen molar-refractivity contribution in [3.8, 4) is 5.75 Å². The molecule has 0 spiro atoms. The molecule has 1 aromatic rings. The van der Waals surface area contributed by atoms with Crippen LogP contribution in [0.4, 0.5) is 0 Å². The number of hydrogen-bond acceptors (Lipinski definition) is 3. The van der Waals surface area contributed by atoms with Crippen molar-refractivity contribution in [2.24, 2.45) is 0 Å². The quantitative estimate of drug-likeness (QED) is 0.512. The van der Waals surface area contributed by atoms with Crippen LogP contribution in [0.5, 0.6) is 5.75 Å². The fourth-order valence-corrected chi connectivity index (χ4v) is 1.71. The molecule has 0 saturated heterocycles. The van der Waals surface area contributed by atoms with E-state index in [-0.39, 0.29) is 29.6 Å². The van der Waals surface area contributed by atoms with Crippen molar-refractivity contribution in [3.05, 3.63) is 23.8 Å². The smallest absolute Gasteiger partial charge is 0.768 e. The van der Waals surface area contributed by atoms with Gasteiger partial charge in [-0.3, -0.25) is 4.21 Å². The van der Waals surface area contributed by atoms with Gasteiger partial charge in [0.1, 0.15) is 5.75 Å². The second kappa shape index (κ2) is 8.25. The third-order valence-electron chi connectivity index (χ3n) is 2.07. The van der Waals surface area contributed by atoms with Crippen LogP contribution < -0.4 is 34.3 Å². The van der Waals surface area contributed by atoms with E-state index < -0.39 is 11.1 Å². The van der Waals surface area contributed by atoms with E-state index in [2.05, 4.69) is 0 Å². The first-order chi connectivity index (χ1) is 7.19. The van der Waals surface area contributed by atoms with Crippen molar-refractivity contribution >= 4 is 11.1 Å². The molecular formula is C11H15NaO3S. The summed E-state index contributed by atoms with van der Waals surface area (Å²) in [6, 6.07) is 4.95. The van der Waals surface area contributed by atoms with Crippen LogP contribution >= 0.6 is 0 Å². The molecular weight excluding hydrogens is 235 g/mol. The fourth-order valence-electron chi connectivity index (χ4n) is 1.29. The summed E-state index contributed by atoms with van der Waals surface area (Å²) < 4.78 is 27.0. The summed E-state index contributed by atoms with van der Waals surface area (Å²) in [6.45, 7) is 4.67. The molecule has 0 N–H and O–H groups in total. The zero-order valence-electron chi connectivity index (χ0n) is 9.99. The van der Waals surface area contributed by atoms with Gasteiger partial charge in [-0.05, 0) is 47.7 Å². The number of ether oxygens (including phenoxy) is 1. The molecule has 0 heterocycles. The van der Waals surface area contributed by atoms with Gasteiger partial charge in [0.2, 0.25) is 0 Å². The summed E-state index contributed by atoms with van der Waals surface area (Å²) in [7, 11) is 0. The topological polar surface area (TPSA) is 49.4 Å². The van der Waals surface area contributed by atoms with E-state index in [9.17, 15) is 8.76 Å². The number of aryl methyl sites for hydroxylation is 1. The number of benzene rings is 1. The molecule has 0 aromatic heterocycles. The summed E-state index contributed by atoms with van der Waals surface area (Å²) >= 11 is -2.16. The van der Waals surface area contributed by atoms with Crippen LogP contribution in [0.25, 0.3) is 0 Å². The first kappa shape index (κ1) is 16.1. The molecule has 0 radical (unpaired) electrons. The minimum atomic E-state index is -2.16. The normalized spacial score (nSPS) is 11.7. The largest absolute Gasteiger partial charge is 1.00 e. The fraction of sp³-hybridized carbons (Fsp3) is 0.455. The molecule has 1 aromatic carbocycles. The van der Waals surface area contributed by atoms with Crippen molar-refractivity contribution in [3.63, 3.8) is 0 Å². The molecule has 0 aliphatic rings. The summed E-state index contributed by atoms with van der Waals surface area (Å²) in [6.07, 6.45) is 1.71. The molecule has 3 nitrogen and oxygen atoms in total. The predicted molar refractivity (Wildman–Crippen MR) is 58.8 cm³/mol. The standard InChI is InChI=1S/C11H16O3S.Na/c1-3-7-14-11-6-5-10(15(12)13)8-9(11)4-2;/h5-6,8H,3-4,7H2,1-2H3,(H,12,13);/q;+1/p-1. The molecule has 0 bridgehead atoms. The Morgan fingerprint density at radius 1 is 1.38 bits per heavy atom. The van der Waals surface area contributed by atoms with Crippen LogP contribution in [-0.4, -0.2) is 15.4 Å². The molecule has 5 heteroatoms. The van der Waals surface area contributed by atoms with Crippen LogP contribution in [0.3, 0.4) is 0 Å². The van der Waals surface area contributed by atoms with Gasteiger partial charge in [-0.15, -0.1) is 0 Å². The average molecular weight is 250 g/mol. The Hall–Kier alpha value is 0.130. The summed E-state index contributed by atoms with van der Waals surface area (Å²) in [5.74, 6) is 0.786. The van der Waals surface area contributed by atoms with Gasteiger partial charge in [0.15, 0.2) is 0 Å². The van der Waals surface area contributed by atoms with Gasteiger partial charge in [-0.25, -0.2) is 0 Å². The SMILES string of the molecule is CCCOc1ccc(S(=O)[O-])cc1CC.[Na+]. The van der Waals surface area contributed by atoms with Gasteiger partial charge in [0, 0.05) is 4.90 Å². The van der Waals surface area contributed by atoms with Crippen LogP contribution in [0.2, 0.25) is 0 Å². The van der Waals surface area contributed by atoms with Crippen LogP contribution in [0.1, 0.15) is 25.8 Å². The van der Waals surface area contributed by atoms with Crippen LogP contribution in [0.15, 0.2) is 23.1 Å². The molecule has 0 aliphatic heterocycles. The van der Waals surface area contributed by atoms with Gasteiger partial charge in [-0.2, -0.15) is 0 Å². The van der Waals surface area contributed by atoms with Crippen molar-refractivity contribution in [1.29, 1.82) is 0 Å².